The van der Waals surface area contributed by atoms with Gasteiger partial charge in [0, 0.05) is 6.20 Å². The van der Waals surface area contributed by atoms with E-state index in [9.17, 15) is 4.79 Å². The van der Waals surface area contributed by atoms with Crippen LogP contribution in [-0.4, -0.2) is 22.8 Å². The normalized spacial score (nSPS) is 10.6. The molecule has 2 aromatic carbocycles. The molecule has 2 aromatic heterocycles. The summed E-state index contributed by atoms with van der Waals surface area (Å²) in [7, 11) is 1.58. The van der Waals surface area contributed by atoms with Gasteiger partial charge in [0.25, 0.3) is 5.91 Å². The molecule has 1 amide bonds. The Kier molecular flexibility index (Phi) is 5.85. The van der Waals surface area contributed by atoms with Gasteiger partial charge in [0.05, 0.1) is 29.2 Å². The van der Waals surface area contributed by atoms with Gasteiger partial charge in [-0.3, -0.25) is 4.79 Å². The fourth-order valence-corrected chi connectivity index (χ4v) is 3.15. The molecule has 0 saturated carbocycles. The van der Waals surface area contributed by atoms with E-state index < -0.39 is 0 Å². The molecule has 0 aliphatic rings. The number of ether oxygens (including phenoxy) is 2. The molecule has 8 heteroatoms. The summed E-state index contributed by atoms with van der Waals surface area (Å²) in [5.74, 6) is 1.57. The van der Waals surface area contributed by atoms with Gasteiger partial charge in [0.2, 0.25) is 0 Å². The number of carbonyl (C=O) groups excluding carboxylic acids is 1. The summed E-state index contributed by atoms with van der Waals surface area (Å²) >= 11 is 3.38. The Bertz CT molecular complexity index is 1170. The number of methoxy groups -OCH3 is 1. The molecule has 0 spiro atoms. The molecule has 30 heavy (non-hydrogen) atoms. The Balaban J connectivity index is 1.45. The summed E-state index contributed by atoms with van der Waals surface area (Å²) in [5, 5.41) is 7.14. The summed E-state index contributed by atoms with van der Waals surface area (Å²) < 4.78 is 19.2. The van der Waals surface area contributed by atoms with Gasteiger partial charge >= 0.3 is 0 Å². The summed E-state index contributed by atoms with van der Waals surface area (Å²) in [6.45, 7) is 0.172. The molecule has 0 saturated heterocycles. The predicted octanol–water partition coefficient (Wildman–Crippen LogP) is 5.07. The molecular weight excluding hydrogens is 450 g/mol. The van der Waals surface area contributed by atoms with E-state index in [1.54, 1.807) is 42.3 Å². The van der Waals surface area contributed by atoms with Crippen molar-refractivity contribution in [2.24, 2.45) is 0 Å². The van der Waals surface area contributed by atoms with Crippen LogP contribution in [0.4, 0.5) is 5.69 Å². The average molecular weight is 468 g/mol. The van der Waals surface area contributed by atoms with E-state index in [4.69, 9.17) is 13.9 Å². The molecule has 2 heterocycles. The molecule has 0 unspecified atom stereocenters. The van der Waals surface area contributed by atoms with Crippen LogP contribution in [0.25, 0.3) is 5.69 Å². The third-order valence-electron chi connectivity index (χ3n) is 4.27. The number of hydrogen-bond donors (Lipinski definition) is 1. The molecular formula is C22H18BrN3O4. The van der Waals surface area contributed by atoms with Gasteiger partial charge in [-0.2, -0.15) is 5.10 Å². The number of benzene rings is 2. The quantitative estimate of drug-likeness (QED) is 0.410. The fourth-order valence-electron chi connectivity index (χ4n) is 2.86. The van der Waals surface area contributed by atoms with E-state index in [0.29, 0.717) is 22.9 Å². The number of hydrogen-bond acceptors (Lipinski definition) is 5. The standard InChI is InChI=1S/C22H18BrN3O4/c1-28-19-8-4-5-9-20(19)29-14-16-10-11-21(30-16)22(27)25-17-6-2-3-7-18(17)26-13-15(23)12-24-26/h2-13H,14H2,1H3,(H,25,27). The van der Waals surface area contributed by atoms with Crippen molar-refractivity contribution in [2.45, 2.75) is 6.61 Å². The molecule has 0 radical (unpaired) electrons. The van der Waals surface area contributed by atoms with Gasteiger partial charge in [-0.1, -0.05) is 24.3 Å². The van der Waals surface area contributed by atoms with Crippen molar-refractivity contribution in [1.82, 2.24) is 9.78 Å². The van der Waals surface area contributed by atoms with Crippen molar-refractivity contribution in [3.63, 3.8) is 0 Å². The molecule has 152 valence electrons. The molecule has 1 N–H and O–H groups in total. The molecule has 0 atom stereocenters. The first-order valence-electron chi connectivity index (χ1n) is 9.09. The predicted molar refractivity (Wildman–Crippen MR) is 115 cm³/mol. The lowest BCUT2D eigenvalue weighted by molar-refractivity contribution is 0.0992. The third kappa shape index (κ3) is 4.38. The Morgan fingerprint density at radius 2 is 1.87 bits per heavy atom. The number of nitrogens with one attached hydrogen (secondary N) is 1. The number of nitrogens with zero attached hydrogens (tertiary/aromatic N) is 2. The number of amides is 1. The molecule has 0 bridgehead atoms. The number of anilines is 1. The zero-order chi connectivity index (χ0) is 20.9. The fraction of sp³-hybridized carbons (Fsp3) is 0.0909. The second kappa shape index (κ2) is 8.87. The Labute approximate surface area is 181 Å². The monoisotopic (exact) mass is 467 g/mol. The highest BCUT2D eigenvalue weighted by molar-refractivity contribution is 9.10. The molecule has 4 rings (SSSR count). The lowest BCUT2D eigenvalue weighted by atomic mass is 10.2. The smallest absolute Gasteiger partial charge is 0.291 e. The number of carbonyl (C=O) groups is 1. The van der Waals surface area contributed by atoms with E-state index in [1.165, 1.54) is 0 Å². The molecule has 7 nitrogen and oxygen atoms in total. The van der Waals surface area contributed by atoms with Crippen molar-refractivity contribution in [3.05, 3.63) is 89.1 Å². The summed E-state index contributed by atoms with van der Waals surface area (Å²) in [6.07, 6.45) is 3.49. The van der Waals surface area contributed by atoms with Crippen LogP contribution in [0.3, 0.4) is 0 Å². The van der Waals surface area contributed by atoms with Crippen LogP contribution in [0.2, 0.25) is 0 Å². The first-order chi connectivity index (χ1) is 14.6. The van der Waals surface area contributed by atoms with Crippen LogP contribution in [-0.2, 0) is 6.61 Å². The van der Waals surface area contributed by atoms with E-state index in [0.717, 1.165) is 10.2 Å². The van der Waals surface area contributed by atoms with Gasteiger partial charge in [0.1, 0.15) is 12.4 Å². The van der Waals surface area contributed by atoms with Crippen LogP contribution < -0.4 is 14.8 Å². The number of rotatable bonds is 7. The minimum atomic E-state index is -0.364. The van der Waals surface area contributed by atoms with Crippen molar-refractivity contribution in [2.75, 3.05) is 12.4 Å². The highest BCUT2D eigenvalue weighted by Gasteiger charge is 2.15. The van der Waals surface area contributed by atoms with E-state index in [1.807, 2.05) is 42.6 Å². The Hall–Kier alpha value is -3.52. The highest BCUT2D eigenvalue weighted by atomic mass is 79.9. The SMILES string of the molecule is COc1ccccc1OCc1ccc(C(=O)Nc2ccccc2-n2cc(Br)cn2)o1. The van der Waals surface area contributed by atoms with Crippen molar-refractivity contribution in [1.29, 1.82) is 0 Å². The topological polar surface area (TPSA) is 78.5 Å². The van der Waals surface area contributed by atoms with E-state index >= 15 is 0 Å². The lowest BCUT2D eigenvalue weighted by Crippen LogP contribution is -2.13. The number of halogens is 1. The summed E-state index contributed by atoms with van der Waals surface area (Å²) in [4.78, 5) is 12.7. The number of aromatic nitrogens is 2. The maximum Gasteiger partial charge on any atom is 0.291 e. The molecule has 0 fully saturated rings. The average Bonchev–Trinajstić information content (AvgIpc) is 3.42. The number of furan rings is 1. The van der Waals surface area contributed by atoms with Crippen molar-refractivity contribution in [3.8, 4) is 17.2 Å². The highest BCUT2D eigenvalue weighted by Crippen LogP contribution is 2.27. The van der Waals surface area contributed by atoms with Crippen LogP contribution in [0.15, 0.2) is 81.9 Å². The molecule has 0 aliphatic heterocycles. The summed E-state index contributed by atoms with van der Waals surface area (Å²) in [6, 6.07) is 18.0. The Morgan fingerprint density at radius 1 is 1.10 bits per heavy atom. The van der Waals surface area contributed by atoms with Crippen LogP contribution in [0, 0.1) is 0 Å². The molecule has 0 aliphatic carbocycles. The molecule has 4 aromatic rings. The summed E-state index contributed by atoms with van der Waals surface area (Å²) in [5.41, 5.74) is 1.35. The van der Waals surface area contributed by atoms with Crippen LogP contribution in [0.5, 0.6) is 11.5 Å². The van der Waals surface area contributed by atoms with Gasteiger partial charge in [-0.15, -0.1) is 0 Å². The lowest BCUT2D eigenvalue weighted by Gasteiger charge is -2.10. The van der Waals surface area contributed by atoms with Crippen LogP contribution in [0.1, 0.15) is 16.3 Å². The maximum atomic E-state index is 12.7. The van der Waals surface area contributed by atoms with E-state index in [-0.39, 0.29) is 18.3 Å². The second-order valence-electron chi connectivity index (χ2n) is 6.28. The first-order valence-corrected chi connectivity index (χ1v) is 9.89. The third-order valence-corrected chi connectivity index (χ3v) is 4.68. The van der Waals surface area contributed by atoms with Gasteiger partial charge in [-0.05, 0) is 52.3 Å². The zero-order valence-corrected chi connectivity index (χ0v) is 17.6. The van der Waals surface area contributed by atoms with Crippen LogP contribution >= 0.6 is 15.9 Å². The zero-order valence-electron chi connectivity index (χ0n) is 16.0. The van der Waals surface area contributed by atoms with Gasteiger partial charge in [-0.25, -0.2) is 4.68 Å². The minimum absolute atomic E-state index is 0.172. The first kappa shape index (κ1) is 19.8. The minimum Gasteiger partial charge on any atom is -0.493 e. The van der Waals surface area contributed by atoms with E-state index in [2.05, 4.69) is 26.3 Å². The van der Waals surface area contributed by atoms with Gasteiger partial charge < -0.3 is 19.2 Å². The van der Waals surface area contributed by atoms with Gasteiger partial charge in [0.15, 0.2) is 17.3 Å². The van der Waals surface area contributed by atoms with Crippen molar-refractivity contribution < 1.29 is 18.7 Å². The largest absolute Gasteiger partial charge is 0.493 e. The van der Waals surface area contributed by atoms with Crippen molar-refractivity contribution >= 4 is 27.5 Å². The maximum absolute atomic E-state index is 12.7. The number of para-hydroxylation sites is 4. The second-order valence-corrected chi connectivity index (χ2v) is 7.20. The Morgan fingerprint density at radius 3 is 2.63 bits per heavy atom.